The number of H-pyrrole nitrogens is 1. The third-order valence-electron chi connectivity index (χ3n) is 3.52. The van der Waals surface area contributed by atoms with E-state index in [1.54, 1.807) is 18.2 Å². The van der Waals surface area contributed by atoms with Gasteiger partial charge in [0, 0.05) is 12.1 Å². The second-order valence-electron chi connectivity index (χ2n) is 4.93. The number of hydrogen-bond donors (Lipinski definition) is 3. The molecule has 0 aliphatic heterocycles. The highest BCUT2D eigenvalue weighted by Gasteiger charge is 2.19. The number of rotatable bonds is 4. The zero-order valence-corrected chi connectivity index (χ0v) is 13.0. The topological polar surface area (TPSA) is 110 Å². The Labute approximate surface area is 136 Å². The lowest BCUT2D eigenvalue weighted by Crippen LogP contribution is -2.16. The molecule has 3 aromatic rings. The third kappa shape index (κ3) is 2.54. The zero-order chi connectivity index (χ0) is 17.3. The molecule has 3 rings (SSSR count). The van der Waals surface area contributed by atoms with E-state index in [0.29, 0.717) is 17.2 Å². The molecule has 0 spiro atoms. The Balaban J connectivity index is 2.24. The van der Waals surface area contributed by atoms with Crippen molar-refractivity contribution in [1.82, 2.24) is 14.8 Å². The summed E-state index contributed by atoms with van der Waals surface area (Å²) in [7, 11) is 3.00. The van der Waals surface area contributed by atoms with Crippen molar-refractivity contribution in [2.24, 2.45) is 0 Å². The highest BCUT2D eigenvalue weighted by molar-refractivity contribution is 5.68. The molecule has 24 heavy (non-hydrogen) atoms. The van der Waals surface area contributed by atoms with Crippen molar-refractivity contribution in [1.29, 1.82) is 0 Å². The van der Waals surface area contributed by atoms with Gasteiger partial charge in [0.2, 0.25) is 0 Å². The molecular formula is C16H15N3O5. The van der Waals surface area contributed by atoms with Crippen molar-refractivity contribution in [3.8, 4) is 40.1 Å². The lowest BCUT2D eigenvalue weighted by Gasteiger charge is -2.12. The molecule has 0 atom stereocenters. The molecule has 0 aliphatic rings. The first-order valence-electron chi connectivity index (χ1n) is 6.97. The highest BCUT2D eigenvalue weighted by atomic mass is 16.5. The van der Waals surface area contributed by atoms with Gasteiger partial charge >= 0.3 is 5.69 Å². The SMILES string of the molecule is COc1ccc(-n2c(-c3ccc(O)cc3O)n[nH]c2=O)c(OC)c1. The lowest BCUT2D eigenvalue weighted by atomic mass is 10.1. The van der Waals surface area contributed by atoms with Crippen LogP contribution in [0, 0.1) is 0 Å². The number of phenols is 2. The van der Waals surface area contributed by atoms with E-state index >= 15 is 0 Å². The summed E-state index contributed by atoms with van der Waals surface area (Å²) in [5.41, 5.74) is 0.212. The van der Waals surface area contributed by atoms with Gasteiger partial charge in [-0.05, 0) is 24.3 Å². The summed E-state index contributed by atoms with van der Waals surface area (Å²) in [6.07, 6.45) is 0. The Kier molecular flexibility index (Phi) is 3.87. The minimum absolute atomic E-state index is 0.0947. The number of aromatic nitrogens is 3. The molecule has 0 saturated carbocycles. The maximum Gasteiger partial charge on any atom is 0.348 e. The first kappa shape index (κ1) is 15.5. The average Bonchev–Trinajstić information content (AvgIpc) is 2.95. The normalized spacial score (nSPS) is 10.6. The van der Waals surface area contributed by atoms with E-state index in [4.69, 9.17) is 9.47 Å². The highest BCUT2D eigenvalue weighted by Crippen LogP contribution is 2.34. The van der Waals surface area contributed by atoms with E-state index in [9.17, 15) is 15.0 Å². The Bertz CT molecular complexity index is 945. The number of benzene rings is 2. The number of ether oxygens (including phenoxy) is 2. The summed E-state index contributed by atoms with van der Waals surface area (Å²) < 4.78 is 11.7. The first-order chi connectivity index (χ1) is 11.5. The molecule has 8 nitrogen and oxygen atoms in total. The number of nitrogens with one attached hydrogen (secondary N) is 1. The first-order valence-corrected chi connectivity index (χ1v) is 6.97. The van der Waals surface area contributed by atoms with Crippen molar-refractivity contribution < 1.29 is 19.7 Å². The molecule has 0 bridgehead atoms. The molecule has 0 radical (unpaired) electrons. The molecule has 1 heterocycles. The quantitative estimate of drug-likeness (QED) is 0.671. The van der Waals surface area contributed by atoms with E-state index in [-0.39, 0.29) is 22.9 Å². The molecule has 0 aliphatic carbocycles. The molecule has 124 valence electrons. The predicted molar refractivity (Wildman–Crippen MR) is 86.1 cm³/mol. The van der Waals surface area contributed by atoms with Crippen molar-refractivity contribution in [3.05, 3.63) is 46.9 Å². The van der Waals surface area contributed by atoms with Crippen LogP contribution in [-0.2, 0) is 0 Å². The van der Waals surface area contributed by atoms with Gasteiger partial charge in [0.15, 0.2) is 5.82 Å². The van der Waals surface area contributed by atoms with Crippen molar-refractivity contribution in [2.75, 3.05) is 14.2 Å². The maximum atomic E-state index is 12.2. The predicted octanol–water partition coefficient (Wildman–Crippen LogP) is 1.66. The molecule has 0 fully saturated rings. The van der Waals surface area contributed by atoms with Gasteiger partial charge in [-0.1, -0.05) is 0 Å². The minimum Gasteiger partial charge on any atom is -0.508 e. The van der Waals surface area contributed by atoms with Crippen LogP contribution in [-0.4, -0.2) is 39.2 Å². The van der Waals surface area contributed by atoms with Crippen LogP contribution >= 0.6 is 0 Å². The Morgan fingerprint density at radius 3 is 2.54 bits per heavy atom. The van der Waals surface area contributed by atoms with Crippen LogP contribution < -0.4 is 15.2 Å². The number of phenolic OH excluding ortho intramolecular Hbond substituents is 2. The second-order valence-corrected chi connectivity index (χ2v) is 4.93. The van der Waals surface area contributed by atoms with Crippen LogP contribution in [0.5, 0.6) is 23.0 Å². The Morgan fingerprint density at radius 2 is 1.88 bits per heavy atom. The average molecular weight is 329 g/mol. The summed E-state index contributed by atoms with van der Waals surface area (Å²) in [5.74, 6) is 0.852. The fraction of sp³-hybridized carbons (Fsp3) is 0.125. The summed E-state index contributed by atoms with van der Waals surface area (Å²) in [6, 6.07) is 8.99. The van der Waals surface area contributed by atoms with Crippen LogP contribution in [0.15, 0.2) is 41.2 Å². The van der Waals surface area contributed by atoms with Crippen LogP contribution in [0.3, 0.4) is 0 Å². The van der Waals surface area contributed by atoms with Gasteiger partial charge < -0.3 is 19.7 Å². The van der Waals surface area contributed by atoms with Gasteiger partial charge in [0.05, 0.1) is 25.5 Å². The van der Waals surface area contributed by atoms with E-state index in [2.05, 4.69) is 10.2 Å². The summed E-state index contributed by atoms with van der Waals surface area (Å²) in [4.78, 5) is 12.2. The van der Waals surface area contributed by atoms with E-state index in [1.807, 2.05) is 0 Å². The number of hydrogen-bond acceptors (Lipinski definition) is 6. The summed E-state index contributed by atoms with van der Waals surface area (Å²) in [6.45, 7) is 0. The summed E-state index contributed by atoms with van der Waals surface area (Å²) in [5, 5.41) is 25.8. The maximum absolute atomic E-state index is 12.2. The van der Waals surface area contributed by atoms with Gasteiger partial charge in [0.1, 0.15) is 23.0 Å². The molecule has 8 heteroatoms. The van der Waals surface area contributed by atoms with Gasteiger partial charge in [0.25, 0.3) is 0 Å². The van der Waals surface area contributed by atoms with Gasteiger partial charge in [-0.25, -0.2) is 14.5 Å². The van der Waals surface area contributed by atoms with Crippen LogP contribution in [0.25, 0.3) is 17.1 Å². The molecule has 0 saturated heterocycles. The summed E-state index contributed by atoms with van der Waals surface area (Å²) >= 11 is 0. The smallest absolute Gasteiger partial charge is 0.348 e. The van der Waals surface area contributed by atoms with Crippen LogP contribution in [0.4, 0.5) is 0 Å². The fourth-order valence-electron chi connectivity index (χ4n) is 2.38. The molecule has 2 aromatic carbocycles. The largest absolute Gasteiger partial charge is 0.508 e. The number of aromatic hydroxyl groups is 2. The molecule has 0 amide bonds. The standard InChI is InChI=1S/C16H15N3O5/c1-23-10-4-6-12(14(8-10)24-2)19-15(17-18-16(19)22)11-5-3-9(20)7-13(11)21/h3-8,20-21H,1-2H3,(H,18,22). The number of aromatic amines is 1. The van der Waals surface area contributed by atoms with E-state index in [1.165, 1.54) is 37.0 Å². The van der Waals surface area contributed by atoms with Crippen molar-refractivity contribution in [2.45, 2.75) is 0 Å². The minimum atomic E-state index is -0.499. The van der Waals surface area contributed by atoms with Crippen molar-refractivity contribution in [3.63, 3.8) is 0 Å². The van der Waals surface area contributed by atoms with Crippen LogP contribution in [0.1, 0.15) is 0 Å². The monoisotopic (exact) mass is 329 g/mol. The molecule has 0 unspecified atom stereocenters. The lowest BCUT2D eigenvalue weighted by molar-refractivity contribution is 0.393. The zero-order valence-electron chi connectivity index (χ0n) is 13.0. The Morgan fingerprint density at radius 1 is 1.08 bits per heavy atom. The third-order valence-corrected chi connectivity index (χ3v) is 3.52. The van der Waals surface area contributed by atoms with E-state index in [0.717, 1.165) is 0 Å². The second kappa shape index (κ2) is 5.99. The number of methoxy groups -OCH3 is 2. The Hall–Kier alpha value is -3.42. The number of nitrogens with zero attached hydrogens (tertiary/aromatic N) is 2. The molecule has 1 aromatic heterocycles. The fourth-order valence-corrected chi connectivity index (χ4v) is 2.38. The van der Waals surface area contributed by atoms with Gasteiger partial charge in [-0.3, -0.25) is 0 Å². The van der Waals surface area contributed by atoms with Gasteiger partial charge in [-0.2, -0.15) is 5.10 Å². The van der Waals surface area contributed by atoms with Gasteiger partial charge in [-0.15, -0.1) is 0 Å². The van der Waals surface area contributed by atoms with Crippen LogP contribution in [0.2, 0.25) is 0 Å². The molecule has 3 N–H and O–H groups in total. The van der Waals surface area contributed by atoms with E-state index < -0.39 is 5.69 Å². The molecular weight excluding hydrogens is 314 g/mol. The van der Waals surface area contributed by atoms with Crippen molar-refractivity contribution >= 4 is 0 Å².